The summed E-state index contributed by atoms with van der Waals surface area (Å²) in [5.74, 6) is -0.236. The van der Waals surface area contributed by atoms with Crippen molar-refractivity contribution in [3.63, 3.8) is 0 Å². The second-order valence-electron chi connectivity index (χ2n) is 4.49. The van der Waals surface area contributed by atoms with E-state index >= 15 is 0 Å². The molecule has 2 aromatic rings. The normalized spacial score (nSPS) is 11.2. The van der Waals surface area contributed by atoms with Crippen LogP contribution in [0.3, 0.4) is 0 Å². The van der Waals surface area contributed by atoms with E-state index in [0.717, 1.165) is 12.1 Å². The first-order chi connectivity index (χ1) is 10.8. The lowest BCUT2D eigenvalue weighted by molar-refractivity contribution is -0.137. The first-order valence-electron chi connectivity index (χ1n) is 6.30. The predicted molar refractivity (Wildman–Crippen MR) is 82.0 cm³/mol. The molecule has 2 rings (SSSR count). The maximum atomic E-state index is 12.7. The Balaban J connectivity index is 2.00. The smallest absolute Gasteiger partial charge is 0.417 e. The van der Waals surface area contributed by atoms with Crippen LogP contribution in [-0.4, -0.2) is 12.5 Å². The molecule has 0 bridgehead atoms. The number of nitrogens with one attached hydrogen (secondary N) is 1. The minimum Gasteiger partial charge on any atom is -0.484 e. The van der Waals surface area contributed by atoms with Gasteiger partial charge in [-0.3, -0.25) is 4.79 Å². The zero-order chi connectivity index (χ0) is 17.0. The van der Waals surface area contributed by atoms with E-state index < -0.39 is 22.7 Å². The number of anilines is 1. The molecule has 0 atom stereocenters. The average Bonchev–Trinajstić information content (AvgIpc) is 2.46. The second-order valence-corrected chi connectivity index (χ2v) is 5.33. The van der Waals surface area contributed by atoms with Gasteiger partial charge in [0.25, 0.3) is 5.91 Å². The fourth-order valence-electron chi connectivity index (χ4n) is 1.72. The van der Waals surface area contributed by atoms with Gasteiger partial charge in [-0.2, -0.15) is 13.2 Å². The molecule has 0 radical (unpaired) electrons. The van der Waals surface area contributed by atoms with Crippen molar-refractivity contribution in [1.29, 1.82) is 0 Å². The molecule has 0 aliphatic carbocycles. The van der Waals surface area contributed by atoms with Crippen molar-refractivity contribution in [3.8, 4) is 5.75 Å². The van der Waals surface area contributed by atoms with Gasteiger partial charge in [0, 0.05) is 10.7 Å². The average molecular weight is 364 g/mol. The van der Waals surface area contributed by atoms with Gasteiger partial charge >= 0.3 is 6.18 Å². The third kappa shape index (κ3) is 5.04. The van der Waals surface area contributed by atoms with E-state index in [1.165, 1.54) is 12.1 Å². The summed E-state index contributed by atoms with van der Waals surface area (Å²) in [4.78, 5) is 11.7. The largest absolute Gasteiger partial charge is 0.484 e. The maximum Gasteiger partial charge on any atom is 0.417 e. The molecule has 0 aromatic heterocycles. The van der Waals surface area contributed by atoms with E-state index in [2.05, 4.69) is 5.32 Å². The fraction of sp³-hybridized carbons (Fsp3) is 0.133. The molecule has 0 aliphatic rings. The summed E-state index contributed by atoms with van der Waals surface area (Å²) in [6, 6.07) is 9.50. The highest BCUT2D eigenvalue weighted by atomic mass is 35.5. The Bertz CT molecular complexity index is 720. The Labute approximate surface area is 140 Å². The molecule has 0 unspecified atom stereocenters. The van der Waals surface area contributed by atoms with Crippen molar-refractivity contribution in [1.82, 2.24) is 0 Å². The van der Waals surface area contributed by atoms with Crippen LogP contribution in [0.25, 0.3) is 0 Å². The molecule has 3 nitrogen and oxygen atoms in total. The van der Waals surface area contributed by atoms with Crippen LogP contribution in [0.5, 0.6) is 5.75 Å². The van der Waals surface area contributed by atoms with Gasteiger partial charge in [-0.15, -0.1) is 0 Å². The van der Waals surface area contributed by atoms with E-state index in [1.807, 2.05) is 0 Å². The molecule has 2 aromatic carbocycles. The molecule has 1 N–H and O–H groups in total. The minimum absolute atomic E-state index is 0.0265. The van der Waals surface area contributed by atoms with Crippen molar-refractivity contribution in [2.75, 3.05) is 11.9 Å². The molecule has 0 saturated carbocycles. The Morgan fingerprint density at radius 1 is 1.13 bits per heavy atom. The summed E-state index contributed by atoms with van der Waals surface area (Å²) < 4.78 is 43.4. The van der Waals surface area contributed by atoms with Crippen LogP contribution in [0.1, 0.15) is 5.56 Å². The van der Waals surface area contributed by atoms with Gasteiger partial charge in [0.15, 0.2) is 6.61 Å². The summed E-state index contributed by atoms with van der Waals surface area (Å²) >= 11 is 11.3. The molecule has 0 spiro atoms. The highest BCUT2D eigenvalue weighted by Gasteiger charge is 2.33. The van der Waals surface area contributed by atoms with Gasteiger partial charge in [-0.05, 0) is 36.4 Å². The van der Waals surface area contributed by atoms with E-state index in [1.54, 1.807) is 18.2 Å². The van der Waals surface area contributed by atoms with E-state index in [9.17, 15) is 18.0 Å². The van der Waals surface area contributed by atoms with Crippen LogP contribution >= 0.6 is 23.2 Å². The molecule has 122 valence electrons. The summed E-state index contributed by atoms with van der Waals surface area (Å²) in [5.41, 5.74) is -1.05. The minimum atomic E-state index is -4.60. The second kappa shape index (κ2) is 7.10. The molecule has 0 fully saturated rings. The zero-order valence-electron chi connectivity index (χ0n) is 11.5. The number of alkyl halides is 3. The summed E-state index contributed by atoms with van der Waals surface area (Å²) in [6.07, 6.45) is -4.60. The van der Waals surface area contributed by atoms with Gasteiger partial charge in [-0.25, -0.2) is 0 Å². The van der Waals surface area contributed by atoms with Crippen LogP contribution in [0.2, 0.25) is 10.0 Å². The van der Waals surface area contributed by atoms with Gasteiger partial charge in [0.1, 0.15) is 5.75 Å². The number of halogens is 5. The van der Waals surface area contributed by atoms with Gasteiger partial charge in [0.2, 0.25) is 0 Å². The first-order valence-corrected chi connectivity index (χ1v) is 7.06. The van der Waals surface area contributed by atoms with Crippen molar-refractivity contribution in [2.24, 2.45) is 0 Å². The lowest BCUT2D eigenvalue weighted by Crippen LogP contribution is -2.20. The molecule has 23 heavy (non-hydrogen) atoms. The summed E-state index contributed by atoms with van der Waals surface area (Å²) in [5, 5.41) is 2.31. The highest BCUT2D eigenvalue weighted by Crippen LogP contribution is 2.36. The lowest BCUT2D eigenvalue weighted by Gasteiger charge is -2.12. The third-order valence-corrected chi connectivity index (χ3v) is 3.29. The van der Waals surface area contributed by atoms with Crippen LogP contribution in [-0.2, 0) is 11.0 Å². The number of ether oxygens (including phenoxy) is 1. The first kappa shape index (κ1) is 17.4. The van der Waals surface area contributed by atoms with Gasteiger partial charge in [0.05, 0.1) is 10.6 Å². The molecule has 8 heteroatoms. The molecule has 0 heterocycles. The van der Waals surface area contributed by atoms with Crippen LogP contribution in [0.15, 0.2) is 42.5 Å². The standard InChI is InChI=1S/C15H10Cl2F3NO2/c16-9-2-1-3-11(6-9)23-8-14(22)21-10-4-5-13(17)12(7-10)15(18,19)20/h1-7H,8H2,(H,21,22). The fourth-order valence-corrected chi connectivity index (χ4v) is 2.13. The summed E-state index contributed by atoms with van der Waals surface area (Å²) in [6.45, 7) is -0.371. The summed E-state index contributed by atoms with van der Waals surface area (Å²) in [7, 11) is 0. The quantitative estimate of drug-likeness (QED) is 0.827. The number of carbonyl (C=O) groups is 1. The van der Waals surface area contributed by atoms with Crippen molar-refractivity contribution >= 4 is 34.8 Å². The number of carbonyl (C=O) groups excluding carboxylic acids is 1. The Hall–Kier alpha value is -1.92. The zero-order valence-corrected chi connectivity index (χ0v) is 13.0. The van der Waals surface area contributed by atoms with Crippen LogP contribution < -0.4 is 10.1 Å². The molecule has 0 saturated heterocycles. The number of amides is 1. The number of hydrogen-bond donors (Lipinski definition) is 1. The van der Waals surface area contributed by atoms with E-state index in [4.69, 9.17) is 27.9 Å². The van der Waals surface area contributed by atoms with Crippen LogP contribution in [0.4, 0.5) is 18.9 Å². The monoisotopic (exact) mass is 363 g/mol. The Morgan fingerprint density at radius 2 is 1.87 bits per heavy atom. The number of benzene rings is 2. The van der Waals surface area contributed by atoms with E-state index in [-0.39, 0.29) is 12.3 Å². The van der Waals surface area contributed by atoms with Crippen molar-refractivity contribution in [2.45, 2.75) is 6.18 Å². The molecule has 1 amide bonds. The van der Waals surface area contributed by atoms with Crippen molar-refractivity contribution < 1.29 is 22.7 Å². The van der Waals surface area contributed by atoms with Crippen molar-refractivity contribution in [3.05, 3.63) is 58.1 Å². The highest BCUT2D eigenvalue weighted by molar-refractivity contribution is 6.31. The van der Waals surface area contributed by atoms with Crippen LogP contribution in [0, 0.1) is 0 Å². The van der Waals surface area contributed by atoms with Gasteiger partial charge < -0.3 is 10.1 Å². The molecular weight excluding hydrogens is 354 g/mol. The predicted octanol–water partition coefficient (Wildman–Crippen LogP) is 5.03. The third-order valence-electron chi connectivity index (χ3n) is 2.72. The van der Waals surface area contributed by atoms with Gasteiger partial charge in [-0.1, -0.05) is 29.3 Å². The Morgan fingerprint density at radius 3 is 2.52 bits per heavy atom. The lowest BCUT2D eigenvalue weighted by atomic mass is 10.2. The molecule has 0 aliphatic heterocycles. The Kier molecular flexibility index (Phi) is 5.38. The topological polar surface area (TPSA) is 38.3 Å². The molecular formula is C15H10Cl2F3NO2. The SMILES string of the molecule is O=C(COc1cccc(Cl)c1)Nc1ccc(Cl)c(C(F)(F)F)c1. The number of hydrogen-bond acceptors (Lipinski definition) is 2. The number of rotatable bonds is 4. The van der Waals surface area contributed by atoms with E-state index in [0.29, 0.717) is 10.8 Å². The maximum absolute atomic E-state index is 12.7.